The highest BCUT2D eigenvalue weighted by atomic mass is 16.4. The van der Waals surface area contributed by atoms with Crippen LogP contribution >= 0.6 is 0 Å². The Bertz CT molecular complexity index is 309. The second kappa shape index (κ2) is 21.8. The predicted molar refractivity (Wildman–Crippen MR) is 97.9 cm³/mol. The summed E-state index contributed by atoms with van der Waals surface area (Å²) in [5.41, 5.74) is 0. The Kier molecular flexibility index (Phi) is 22.8. The van der Waals surface area contributed by atoms with E-state index < -0.39 is 12.1 Å². The van der Waals surface area contributed by atoms with Gasteiger partial charge in [-0.3, -0.25) is 0 Å². The first kappa shape index (κ1) is 25.1. The van der Waals surface area contributed by atoms with E-state index in [1.54, 1.807) is 6.08 Å². The van der Waals surface area contributed by atoms with Crippen molar-refractivity contribution in [3.63, 3.8) is 0 Å². The zero-order valence-electron chi connectivity index (χ0n) is 15.1. The highest BCUT2D eigenvalue weighted by Gasteiger charge is 1.94. The largest absolute Gasteiger partial charge is 0.478 e. The molecule has 0 aromatic rings. The van der Waals surface area contributed by atoms with Gasteiger partial charge in [0, 0.05) is 6.08 Å². The van der Waals surface area contributed by atoms with E-state index in [-0.39, 0.29) is 13.2 Å². The molecule has 0 radical (unpaired) electrons. The molecule has 0 aromatic heterocycles. The van der Waals surface area contributed by atoms with Crippen LogP contribution < -0.4 is 0 Å². The smallest absolute Gasteiger partial charge is 0.328 e. The SMILES string of the molecule is CCCCCCCCCCCC=CC=CC(=O)O.OCC(O)CO. The summed E-state index contributed by atoms with van der Waals surface area (Å²) < 4.78 is 0. The van der Waals surface area contributed by atoms with Gasteiger partial charge in [-0.25, -0.2) is 4.79 Å². The first-order chi connectivity index (χ1) is 11.6. The van der Waals surface area contributed by atoms with Gasteiger partial charge in [-0.1, -0.05) is 76.5 Å². The van der Waals surface area contributed by atoms with Crippen molar-refractivity contribution in [3.05, 3.63) is 24.3 Å². The van der Waals surface area contributed by atoms with Crippen molar-refractivity contribution >= 4 is 5.97 Å². The van der Waals surface area contributed by atoms with E-state index in [2.05, 4.69) is 6.92 Å². The van der Waals surface area contributed by atoms with Gasteiger partial charge < -0.3 is 20.4 Å². The predicted octanol–water partition coefficient (Wildman–Crippen LogP) is 3.44. The molecule has 0 aliphatic heterocycles. The van der Waals surface area contributed by atoms with E-state index in [1.807, 2.05) is 12.2 Å². The molecular formula is C19H36O5. The summed E-state index contributed by atoms with van der Waals surface area (Å²) in [6.07, 6.45) is 18.8. The second-order valence-corrected chi connectivity index (χ2v) is 5.76. The second-order valence-electron chi connectivity index (χ2n) is 5.76. The Morgan fingerprint density at radius 2 is 1.38 bits per heavy atom. The van der Waals surface area contributed by atoms with Crippen LogP contribution in [0.2, 0.25) is 0 Å². The number of carboxylic acid groups (broad SMARTS) is 1. The number of hydrogen-bond acceptors (Lipinski definition) is 4. The molecule has 0 saturated heterocycles. The lowest BCUT2D eigenvalue weighted by Crippen LogP contribution is -2.15. The molecule has 0 saturated carbocycles. The van der Waals surface area contributed by atoms with Crippen molar-refractivity contribution in [2.75, 3.05) is 13.2 Å². The van der Waals surface area contributed by atoms with Crippen LogP contribution in [0.15, 0.2) is 24.3 Å². The molecule has 0 bridgehead atoms. The van der Waals surface area contributed by atoms with Crippen molar-refractivity contribution in [3.8, 4) is 0 Å². The van der Waals surface area contributed by atoms with Gasteiger partial charge in [0.25, 0.3) is 0 Å². The van der Waals surface area contributed by atoms with E-state index in [1.165, 1.54) is 57.8 Å². The lowest BCUT2D eigenvalue weighted by atomic mass is 10.1. The summed E-state index contributed by atoms with van der Waals surface area (Å²) in [6, 6.07) is 0. The molecule has 0 amide bonds. The van der Waals surface area contributed by atoms with Crippen molar-refractivity contribution in [2.24, 2.45) is 0 Å². The zero-order valence-corrected chi connectivity index (χ0v) is 15.1. The molecule has 0 aromatic carbocycles. The van der Waals surface area contributed by atoms with E-state index >= 15 is 0 Å². The fourth-order valence-electron chi connectivity index (χ4n) is 1.94. The molecule has 0 heterocycles. The molecule has 5 heteroatoms. The first-order valence-electron chi connectivity index (χ1n) is 9.04. The first-order valence-corrected chi connectivity index (χ1v) is 9.04. The number of unbranched alkanes of at least 4 members (excludes halogenated alkanes) is 9. The number of aliphatic hydroxyl groups excluding tert-OH is 3. The average Bonchev–Trinajstić information content (AvgIpc) is 2.58. The van der Waals surface area contributed by atoms with Crippen molar-refractivity contribution in [2.45, 2.75) is 77.2 Å². The van der Waals surface area contributed by atoms with E-state index in [0.29, 0.717) is 0 Å². The Labute approximate surface area is 146 Å². The molecular weight excluding hydrogens is 308 g/mol. The van der Waals surface area contributed by atoms with Crippen molar-refractivity contribution in [1.29, 1.82) is 0 Å². The summed E-state index contributed by atoms with van der Waals surface area (Å²) in [5, 5.41) is 32.4. The van der Waals surface area contributed by atoms with Gasteiger partial charge in [0.15, 0.2) is 0 Å². The highest BCUT2D eigenvalue weighted by molar-refractivity contribution is 5.80. The van der Waals surface area contributed by atoms with Crippen molar-refractivity contribution < 1.29 is 25.2 Å². The summed E-state index contributed by atoms with van der Waals surface area (Å²) in [7, 11) is 0. The molecule has 0 aliphatic carbocycles. The summed E-state index contributed by atoms with van der Waals surface area (Å²) >= 11 is 0. The van der Waals surface area contributed by atoms with E-state index in [0.717, 1.165) is 12.5 Å². The minimum absolute atomic E-state index is 0.365. The van der Waals surface area contributed by atoms with Crippen molar-refractivity contribution in [1.82, 2.24) is 0 Å². The Balaban J connectivity index is 0. The van der Waals surface area contributed by atoms with Gasteiger partial charge in [-0.05, 0) is 12.8 Å². The van der Waals surface area contributed by atoms with E-state index in [9.17, 15) is 4.79 Å². The lowest BCUT2D eigenvalue weighted by Gasteiger charge is -2.00. The molecule has 0 unspecified atom stereocenters. The molecule has 0 aliphatic rings. The Hall–Kier alpha value is -1.17. The van der Waals surface area contributed by atoms with Crippen LogP contribution in [-0.2, 0) is 4.79 Å². The molecule has 0 rings (SSSR count). The van der Waals surface area contributed by atoms with Gasteiger partial charge in [-0.2, -0.15) is 0 Å². The fourth-order valence-corrected chi connectivity index (χ4v) is 1.94. The number of carbonyl (C=O) groups is 1. The monoisotopic (exact) mass is 344 g/mol. The normalized spacial score (nSPS) is 11.2. The third kappa shape index (κ3) is 25.8. The Morgan fingerprint density at radius 1 is 0.875 bits per heavy atom. The third-order valence-electron chi connectivity index (χ3n) is 3.38. The minimum atomic E-state index is -0.954. The van der Waals surface area contributed by atoms with Crippen LogP contribution in [0.5, 0.6) is 0 Å². The topological polar surface area (TPSA) is 98.0 Å². The number of carboxylic acids is 1. The van der Waals surface area contributed by atoms with Crippen LogP contribution in [0, 0.1) is 0 Å². The summed E-state index contributed by atoms with van der Waals surface area (Å²) in [4.78, 5) is 10.2. The van der Waals surface area contributed by atoms with Gasteiger partial charge in [-0.15, -0.1) is 0 Å². The Morgan fingerprint density at radius 3 is 1.79 bits per heavy atom. The standard InChI is InChI=1S/C16H28O2.C3H8O3/c1-2-3-4-5-6-7-8-9-10-11-12-13-14-15-16(17)18;4-1-3(6)2-5/h12-15H,2-11H2,1H3,(H,17,18);3-6H,1-2H2. The molecule has 0 spiro atoms. The van der Waals surface area contributed by atoms with Gasteiger partial charge in [0.2, 0.25) is 0 Å². The van der Waals surface area contributed by atoms with E-state index in [4.69, 9.17) is 20.4 Å². The highest BCUT2D eigenvalue weighted by Crippen LogP contribution is 2.10. The zero-order chi connectivity index (χ0) is 18.5. The number of allylic oxidation sites excluding steroid dienone is 3. The third-order valence-corrected chi connectivity index (χ3v) is 3.38. The molecule has 24 heavy (non-hydrogen) atoms. The van der Waals surface area contributed by atoms with Crippen LogP contribution in [0.25, 0.3) is 0 Å². The van der Waals surface area contributed by atoms with Gasteiger partial charge in [0.1, 0.15) is 6.10 Å². The minimum Gasteiger partial charge on any atom is -0.478 e. The molecule has 0 atom stereocenters. The van der Waals surface area contributed by atoms with Crippen LogP contribution in [0.3, 0.4) is 0 Å². The van der Waals surface area contributed by atoms with Crippen LogP contribution in [0.4, 0.5) is 0 Å². The maximum Gasteiger partial charge on any atom is 0.328 e. The average molecular weight is 344 g/mol. The maximum absolute atomic E-state index is 10.2. The summed E-state index contributed by atoms with van der Waals surface area (Å²) in [6.45, 7) is 1.52. The lowest BCUT2D eigenvalue weighted by molar-refractivity contribution is -0.131. The number of aliphatic hydroxyl groups is 3. The molecule has 142 valence electrons. The van der Waals surface area contributed by atoms with Crippen LogP contribution in [-0.4, -0.2) is 45.7 Å². The molecule has 0 fully saturated rings. The number of rotatable bonds is 14. The van der Waals surface area contributed by atoms with Gasteiger partial charge >= 0.3 is 5.97 Å². The number of aliphatic carboxylic acids is 1. The molecule has 5 nitrogen and oxygen atoms in total. The number of hydrogen-bond donors (Lipinski definition) is 4. The van der Waals surface area contributed by atoms with Crippen LogP contribution in [0.1, 0.15) is 71.1 Å². The summed E-state index contributed by atoms with van der Waals surface area (Å²) in [5.74, 6) is -0.886. The maximum atomic E-state index is 10.2. The molecule has 4 N–H and O–H groups in total. The quantitative estimate of drug-likeness (QED) is 0.220. The fraction of sp³-hybridized carbons (Fsp3) is 0.737. The van der Waals surface area contributed by atoms with Gasteiger partial charge in [0.05, 0.1) is 13.2 Å².